The first-order chi connectivity index (χ1) is 11.3. The lowest BCUT2D eigenvalue weighted by atomic mass is 10.0. The third kappa shape index (κ3) is 5.63. The van der Waals surface area contributed by atoms with Crippen LogP contribution in [0.3, 0.4) is 0 Å². The molecule has 0 unspecified atom stereocenters. The van der Waals surface area contributed by atoms with E-state index < -0.39 is 17.6 Å². The molecule has 1 rings (SSSR count). The number of methoxy groups -OCH3 is 1. The van der Waals surface area contributed by atoms with Crippen LogP contribution < -0.4 is 10.3 Å². The number of nitrogens with zero attached hydrogens (tertiary/aromatic N) is 3. The predicted octanol–water partition coefficient (Wildman–Crippen LogP) is 1.51. The molecule has 1 atom stereocenters. The molecule has 0 radical (unpaired) electrons. The van der Waals surface area contributed by atoms with E-state index in [0.29, 0.717) is 18.5 Å². The van der Waals surface area contributed by atoms with Crippen molar-refractivity contribution >= 4 is 5.97 Å². The van der Waals surface area contributed by atoms with E-state index in [1.807, 2.05) is 32.8 Å². The molecule has 0 aliphatic rings. The molecule has 0 N–H and O–H groups in total. The molecule has 24 heavy (non-hydrogen) atoms. The molecule has 1 heterocycles. The van der Waals surface area contributed by atoms with E-state index in [-0.39, 0.29) is 18.4 Å². The van der Waals surface area contributed by atoms with Crippen molar-refractivity contribution in [3.05, 3.63) is 22.2 Å². The number of ether oxygens (including phenoxy) is 2. The van der Waals surface area contributed by atoms with E-state index >= 15 is 0 Å². The SMILES string of the molecule is CCOC(=O)[C@H](CC(C)C)n1cc(CCN(C)C)nc(OC)c1=O. The Hall–Kier alpha value is -1.89. The standard InChI is InChI=1S/C17H29N3O4/c1-7-24-17(22)14(10-12(2)3)20-11-13(8-9-19(4)5)18-15(23-6)16(20)21/h11-12,14H,7-10H2,1-6H3/t14-/m0/s1. The summed E-state index contributed by atoms with van der Waals surface area (Å²) in [5, 5.41) is 0. The number of rotatable bonds is 9. The Balaban J connectivity index is 3.30. The van der Waals surface area contributed by atoms with Crippen LogP contribution in [-0.4, -0.2) is 54.8 Å². The minimum Gasteiger partial charge on any atom is -0.477 e. The van der Waals surface area contributed by atoms with Gasteiger partial charge in [-0.1, -0.05) is 13.8 Å². The number of carbonyl (C=O) groups is 1. The second kappa shape index (κ2) is 9.42. The minimum absolute atomic E-state index is 0.00399. The molecular weight excluding hydrogens is 310 g/mol. The number of carbonyl (C=O) groups excluding carboxylic acids is 1. The van der Waals surface area contributed by atoms with E-state index in [1.54, 1.807) is 13.1 Å². The summed E-state index contributed by atoms with van der Waals surface area (Å²) in [5.41, 5.74) is 0.294. The molecule has 0 saturated carbocycles. The number of likely N-dealkylation sites (N-methyl/N-ethyl adjacent to an activating group) is 1. The van der Waals surface area contributed by atoms with Crippen LogP contribution >= 0.6 is 0 Å². The molecule has 0 aromatic carbocycles. The summed E-state index contributed by atoms with van der Waals surface area (Å²) in [6, 6.07) is -0.674. The summed E-state index contributed by atoms with van der Waals surface area (Å²) in [4.78, 5) is 31.2. The van der Waals surface area contributed by atoms with E-state index in [4.69, 9.17) is 9.47 Å². The third-order valence-corrected chi connectivity index (χ3v) is 3.55. The maximum atomic E-state index is 12.6. The molecule has 0 aliphatic carbocycles. The second-order valence-corrected chi connectivity index (χ2v) is 6.40. The maximum Gasteiger partial charge on any atom is 0.329 e. The van der Waals surface area contributed by atoms with Crippen molar-refractivity contribution in [3.8, 4) is 5.88 Å². The molecule has 0 bridgehead atoms. The van der Waals surface area contributed by atoms with Gasteiger partial charge in [0.25, 0.3) is 5.88 Å². The quantitative estimate of drug-likeness (QED) is 0.635. The predicted molar refractivity (Wildman–Crippen MR) is 92.4 cm³/mol. The second-order valence-electron chi connectivity index (χ2n) is 6.40. The molecule has 136 valence electrons. The van der Waals surface area contributed by atoms with Gasteiger partial charge in [-0.15, -0.1) is 0 Å². The zero-order chi connectivity index (χ0) is 18.3. The fourth-order valence-electron chi connectivity index (χ4n) is 2.37. The highest BCUT2D eigenvalue weighted by Crippen LogP contribution is 2.19. The Kier molecular flexibility index (Phi) is 7.91. The average molecular weight is 339 g/mol. The lowest BCUT2D eigenvalue weighted by molar-refractivity contribution is -0.147. The van der Waals surface area contributed by atoms with E-state index in [9.17, 15) is 9.59 Å². The van der Waals surface area contributed by atoms with Crippen molar-refractivity contribution in [3.63, 3.8) is 0 Å². The molecule has 0 fully saturated rings. The molecule has 1 aromatic heterocycles. The van der Waals surface area contributed by atoms with Gasteiger partial charge >= 0.3 is 11.5 Å². The van der Waals surface area contributed by atoms with Gasteiger partial charge in [-0.3, -0.25) is 9.36 Å². The Morgan fingerprint density at radius 1 is 1.38 bits per heavy atom. The normalized spacial score (nSPS) is 12.5. The summed E-state index contributed by atoms with van der Waals surface area (Å²) in [7, 11) is 5.34. The topological polar surface area (TPSA) is 73.7 Å². The molecule has 7 heteroatoms. The van der Waals surface area contributed by atoms with Crippen LogP contribution in [0.4, 0.5) is 0 Å². The number of hydrogen-bond donors (Lipinski definition) is 0. The van der Waals surface area contributed by atoms with Crippen LogP contribution in [0.25, 0.3) is 0 Å². The summed E-state index contributed by atoms with van der Waals surface area (Å²) >= 11 is 0. The summed E-state index contributed by atoms with van der Waals surface area (Å²) < 4.78 is 11.7. The van der Waals surface area contributed by atoms with E-state index in [0.717, 1.165) is 6.54 Å². The number of esters is 1. The van der Waals surface area contributed by atoms with Gasteiger partial charge < -0.3 is 14.4 Å². The van der Waals surface area contributed by atoms with Gasteiger partial charge in [0.05, 0.1) is 19.4 Å². The fraction of sp³-hybridized carbons (Fsp3) is 0.706. The average Bonchev–Trinajstić information content (AvgIpc) is 2.51. The Morgan fingerprint density at radius 3 is 2.54 bits per heavy atom. The largest absolute Gasteiger partial charge is 0.477 e. The van der Waals surface area contributed by atoms with Crippen LogP contribution in [0.1, 0.15) is 38.9 Å². The van der Waals surface area contributed by atoms with Crippen molar-refractivity contribution < 1.29 is 14.3 Å². The van der Waals surface area contributed by atoms with Gasteiger partial charge in [0.1, 0.15) is 6.04 Å². The van der Waals surface area contributed by atoms with Crippen molar-refractivity contribution in [1.29, 1.82) is 0 Å². The fourth-order valence-corrected chi connectivity index (χ4v) is 2.37. The molecule has 0 saturated heterocycles. The van der Waals surface area contributed by atoms with Crippen LogP contribution in [-0.2, 0) is 16.0 Å². The van der Waals surface area contributed by atoms with Crippen LogP contribution in [0.2, 0.25) is 0 Å². The van der Waals surface area contributed by atoms with E-state index in [1.165, 1.54) is 11.7 Å². The zero-order valence-corrected chi connectivity index (χ0v) is 15.5. The third-order valence-electron chi connectivity index (χ3n) is 3.55. The highest BCUT2D eigenvalue weighted by molar-refractivity contribution is 5.74. The van der Waals surface area contributed by atoms with Crippen LogP contribution in [0.5, 0.6) is 5.88 Å². The first kappa shape index (κ1) is 20.2. The lowest BCUT2D eigenvalue weighted by Gasteiger charge is -2.21. The molecule has 7 nitrogen and oxygen atoms in total. The van der Waals surface area contributed by atoms with Gasteiger partial charge in [-0.25, -0.2) is 9.78 Å². The van der Waals surface area contributed by atoms with Crippen molar-refractivity contribution in [2.24, 2.45) is 5.92 Å². The zero-order valence-electron chi connectivity index (χ0n) is 15.5. The Bertz CT molecular complexity index is 596. The van der Waals surface area contributed by atoms with Gasteiger partial charge in [-0.2, -0.15) is 0 Å². The first-order valence-corrected chi connectivity index (χ1v) is 8.27. The van der Waals surface area contributed by atoms with Crippen LogP contribution in [0.15, 0.2) is 11.0 Å². The van der Waals surface area contributed by atoms with Crippen molar-refractivity contribution in [1.82, 2.24) is 14.5 Å². The van der Waals surface area contributed by atoms with Gasteiger partial charge in [0, 0.05) is 19.2 Å². The Labute approximate surface area is 143 Å². The van der Waals surface area contributed by atoms with Crippen molar-refractivity contribution in [2.75, 3.05) is 34.4 Å². The lowest BCUT2D eigenvalue weighted by Crippen LogP contribution is -2.33. The Morgan fingerprint density at radius 2 is 2.04 bits per heavy atom. The molecule has 0 aliphatic heterocycles. The summed E-state index contributed by atoms with van der Waals surface area (Å²) in [6.45, 7) is 6.81. The molecule has 0 spiro atoms. The molecule has 1 aromatic rings. The smallest absolute Gasteiger partial charge is 0.329 e. The highest BCUT2D eigenvalue weighted by Gasteiger charge is 2.26. The summed E-state index contributed by atoms with van der Waals surface area (Å²) in [6.07, 6.45) is 2.82. The first-order valence-electron chi connectivity index (χ1n) is 8.27. The number of aromatic nitrogens is 2. The minimum atomic E-state index is -0.674. The maximum absolute atomic E-state index is 12.6. The van der Waals surface area contributed by atoms with Gasteiger partial charge in [0.2, 0.25) is 0 Å². The van der Waals surface area contributed by atoms with Crippen molar-refractivity contribution in [2.45, 2.75) is 39.7 Å². The summed E-state index contributed by atoms with van der Waals surface area (Å²) in [5.74, 6) is -0.167. The monoisotopic (exact) mass is 339 g/mol. The van der Waals surface area contributed by atoms with E-state index in [2.05, 4.69) is 4.98 Å². The van der Waals surface area contributed by atoms with Gasteiger partial charge in [-0.05, 0) is 33.4 Å². The molecular formula is C17H29N3O4. The molecule has 0 amide bonds. The van der Waals surface area contributed by atoms with Crippen LogP contribution in [0, 0.1) is 5.92 Å². The highest BCUT2D eigenvalue weighted by atomic mass is 16.5. The van der Waals surface area contributed by atoms with Gasteiger partial charge in [0.15, 0.2) is 0 Å². The number of hydrogen-bond acceptors (Lipinski definition) is 6.